The van der Waals surface area contributed by atoms with Crippen molar-refractivity contribution in [2.45, 2.75) is 77.4 Å². The van der Waals surface area contributed by atoms with Crippen molar-refractivity contribution in [2.24, 2.45) is 5.92 Å². The standard InChI is InChI=1S/C30H39N5O2/c1-21(2)31-28(36)24-12-14-25(15-13-24)35-27-19-22(20-34-17-7-4-8-18-34)11-16-26(27)32-30(35)33-29(37)23-9-5-3-6-10-23/h3,5-6,9-11,16,19,21,24-25H,4,7-8,12-15,17-18,20H2,1-2H3,(H,31,36)(H,32,33,37)/t24-,25+. The number of anilines is 1. The van der Waals surface area contributed by atoms with E-state index in [0.29, 0.717) is 11.5 Å². The second kappa shape index (κ2) is 11.5. The Kier molecular flexibility index (Phi) is 7.89. The van der Waals surface area contributed by atoms with Crippen LogP contribution in [0.3, 0.4) is 0 Å². The van der Waals surface area contributed by atoms with Gasteiger partial charge < -0.3 is 9.88 Å². The lowest BCUT2D eigenvalue weighted by Crippen LogP contribution is -2.37. The number of imidazole rings is 1. The molecule has 7 heteroatoms. The van der Waals surface area contributed by atoms with Gasteiger partial charge in [-0.15, -0.1) is 0 Å². The maximum atomic E-state index is 13.1. The van der Waals surface area contributed by atoms with E-state index in [4.69, 9.17) is 4.98 Å². The quantitative estimate of drug-likeness (QED) is 0.446. The summed E-state index contributed by atoms with van der Waals surface area (Å²) >= 11 is 0. The normalized spacial score (nSPS) is 20.7. The minimum atomic E-state index is -0.157. The Morgan fingerprint density at radius 2 is 1.70 bits per heavy atom. The number of carbonyl (C=O) groups is 2. The van der Waals surface area contributed by atoms with Gasteiger partial charge in [-0.2, -0.15) is 0 Å². The molecule has 2 fully saturated rings. The lowest BCUT2D eigenvalue weighted by Gasteiger charge is -2.30. The van der Waals surface area contributed by atoms with Gasteiger partial charge in [0, 0.05) is 30.1 Å². The van der Waals surface area contributed by atoms with Crippen molar-refractivity contribution >= 4 is 28.8 Å². The molecule has 1 saturated heterocycles. The van der Waals surface area contributed by atoms with Crippen LogP contribution in [0.25, 0.3) is 11.0 Å². The van der Waals surface area contributed by atoms with Crippen LogP contribution in [-0.4, -0.2) is 45.4 Å². The number of likely N-dealkylation sites (tertiary alicyclic amines) is 1. The number of fused-ring (bicyclic) bond motifs is 1. The average molecular weight is 502 g/mol. The van der Waals surface area contributed by atoms with Gasteiger partial charge >= 0.3 is 0 Å². The number of carbonyl (C=O) groups excluding carboxylic acids is 2. The van der Waals surface area contributed by atoms with E-state index in [1.807, 2.05) is 44.2 Å². The highest BCUT2D eigenvalue weighted by Gasteiger charge is 2.30. The fraction of sp³-hybridized carbons (Fsp3) is 0.500. The first-order chi connectivity index (χ1) is 18.0. The summed E-state index contributed by atoms with van der Waals surface area (Å²) in [4.78, 5) is 33.1. The van der Waals surface area contributed by atoms with Crippen LogP contribution in [-0.2, 0) is 11.3 Å². The van der Waals surface area contributed by atoms with Crippen LogP contribution in [0.5, 0.6) is 0 Å². The molecule has 3 aromatic rings. The first-order valence-electron chi connectivity index (χ1n) is 13.9. The van der Waals surface area contributed by atoms with E-state index in [-0.39, 0.29) is 29.8 Å². The molecule has 7 nitrogen and oxygen atoms in total. The third kappa shape index (κ3) is 6.04. The van der Waals surface area contributed by atoms with E-state index in [1.54, 1.807) is 0 Å². The Labute approximate surface area is 219 Å². The highest BCUT2D eigenvalue weighted by Crippen LogP contribution is 2.37. The summed E-state index contributed by atoms with van der Waals surface area (Å²) in [6.45, 7) is 7.25. The SMILES string of the molecule is CC(C)NC(=O)[C@H]1CC[C@@H](n2c(NC(=O)c3ccccc3)nc3ccc(CN4CCCCC4)cc32)CC1. The number of hydrogen-bond acceptors (Lipinski definition) is 4. The molecule has 5 rings (SSSR count). The summed E-state index contributed by atoms with van der Waals surface area (Å²) in [5.41, 5.74) is 3.85. The molecular formula is C30H39N5O2. The van der Waals surface area contributed by atoms with Crippen molar-refractivity contribution in [1.29, 1.82) is 0 Å². The maximum absolute atomic E-state index is 13.1. The average Bonchev–Trinajstić information content (AvgIpc) is 3.26. The lowest BCUT2D eigenvalue weighted by atomic mass is 9.85. The second-order valence-corrected chi connectivity index (χ2v) is 11.0. The number of hydrogen-bond donors (Lipinski definition) is 2. The summed E-state index contributed by atoms with van der Waals surface area (Å²) in [5.74, 6) is 0.639. The molecule has 1 saturated carbocycles. The van der Waals surface area contributed by atoms with Crippen molar-refractivity contribution in [1.82, 2.24) is 19.8 Å². The minimum Gasteiger partial charge on any atom is -0.354 e. The Morgan fingerprint density at radius 3 is 2.41 bits per heavy atom. The van der Waals surface area contributed by atoms with Crippen LogP contribution < -0.4 is 10.6 Å². The number of nitrogens with zero attached hydrogens (tertiary/aromatic N) is 3. The van der Waals surface area contributed by atoms with E-state index >= 15 is 0 Å². The molecule has 1 aliphatic heterocycles. The largest absolute Gasteiger partial charge is 0.354 e. The topological polar surface area (TPSA) is 79.3 Å². The monoisotopic (exact) mass is 501 g/mol. The van der Waals surface area contributed by atoms with Gasteiger partial charge in [0.25, 0.3) is 5.91 Å². The molecule has 2 heterocycles. The fourth-order valence-corrected chi connectivity index (χ4v) is 5.83. The van der Waals surface area contributed by atoms with E-state index in [9.17, 15) is 9.59 Å². The zero-order valence-corrected chi connectivity index (χ0v) is 22.1. The third-order valence-electron chi connectivity index (χ3n) is 7.73. The molecule has 1 aromatic heterocycles. The number of amides is 2. The third-order valence-corrected chi connectivity index (χ3v) is 7.73. The van der Waals surface area contributed by atoms with Gasteiger partial charge in [0.1, 0.15) is 0 Å². The Bertz CT molecular complexity index is 1220. The summed E-state index contributed by atoms with van der Waals surface area (Å²) in [6, 6.07) is 16.1. The van der Waals surface area contributed by atoms with E-state index < -0.39 is 0 Å². The molecular weight excluding hydrogens is 462 g/mol. The maximum Gasteiger partial charge on any atom is 0.257 e. The van der Waals surface area contributed by atoms with Crippen molar-refractivity contribution in [3.8, 4) is 0 Å². The van der Waals surface area contributed by atoms with Crippen LogP contribution in [0.1, 0.15) is 80.8 Å². The number of rotatable bonds is 7. The zero-order chi connectivity index (χ0) is 25.8. The van der Waals surface area contributed by atoms with Gasteiger partial charge in [0.05, 0.1) is 11.0 Å². The lowest BCUT2D eigenvalue weighted by molar-refractivity contribution is -0.126. The van der Waals surface area contributed by atoms with Gasteiger partial charge in [-0.05, 0) is 95.3 Å². The molecule has 37 heavy (non-hydrogen) atoms. The second-order valence-electron chi connectivity index (χ2n) is 11.0. The van der Waals surface area contributed by atoms with Crippen molar-refractivity contribution in [3.63, 3.8) is 0 Å². The predicted molar refractivity (Wildman–Crippen MR) is 148 cm³/mol. The molecule has 1 aliphatic carbocycles. The summed E-state index contributed by atoms with van der Waals surface area (Å²) in [6.07, 6.45) is 7.29. The minimum absolute atomic E-state index is 0.0467. The molecule has 0 unspecified atom stereocenters. The van der Waals surface area contributed by atoms with E-state index in [0.717, 1.165) is 56.4 Å². The van der Waals surface area contributed by atoms with Crippen molar-refractivity contribution in [2.75, 3.05) is 18.4 Å². The Morgan fingerprint density at radius 1 is 0.973 bits per heavy atom. The summed E-state index contributed by atoms with van der Waals surface area (Å²) in [7, 11) is 0. The van der Waals surface area contributed by atoms with Crippen LogP contribution >= 0.6 is 0 Å². The summed E-state index contributed by atoms with van der Waals surface area (Å²) < 4.78 is 2.23. The first kappa shape index (κ1) is 25.5. The van der Waals surface area contributed by atoms with Gasteiger partial charge in [0.2, 0.25) is 11.9 Å². The van der Waals surface area contributed by atoms with Gasteiger partial charge in [0.15, 0.2) is 0 Å². The van der Waals surface area contributed by atoms with Crippen molar-refractivity contribution < 1.29 is 9.59 Å². The molecule has 0 spiro atoms. The molecule has 0 bridgehead atoms. The molecule has 0 radical (unpaired) electrons. The van der Waals surface area contributed by atoms with Crippen LogP contribution in [0.2, 0.25) is 0 Å². The van der Waals surface area contributed by atoms with Crippen LogP contribution in [0, 0.1) is 5.92 Å². The van der Waals surface area contributed by atoms with E-state index in [1.165, 1.54) is 24.8 Å². The first-order valence-corrected chi connectivity index (χ1v) is 13.9. The highest BCUT2D eigenvalue weighted by molar-refractivity contribution is 6.04. The number of benzene rings is 2. The number of nitrogens with one attached hydrogen (secondary N) is 2. The Balaban J connectivity index is 1.43. The fourth-order valence-electron chi connectivity index (χ4n) is 5.83. The molecule has 0 atom stereocenters. The number of aromatic nitrogens is 2. The van der Waals surface area contributed by atoms with Gasteiger partial charge in [-0.3, -0.25) is 19.8 Å². The molecule has 2 N–H and O–H groups in total. The Hall–Kier alpha value is -3.19. The smallest absolute Gasteiger partial charge is 0.257 e. The molecule has 2 amide bonds. The van der Waals surface area contributed by atoms with Crippen LogP contribution in [0.15, 0.2) is 48.5 Å². The summed E-state index contributed by atoms with van der Waals surface area (Å²) in [5, 5.41) is 6.17. The number of piperidine rings is 1. The zero-order valence-electron chi connectivity index (χ0n) is 22.1. The predicted octanol–water partition coefficient (Wildman–Crippen LogP) is 5.53. The molecule has 2 aliphatic rings. The van der Waals surface area contributed by atoms with Crippen molar-refractivity contribution in [3.05, 3.63) is 59.7 Å². The van der Waals surface area contributed by atoms with Crippen LogP contribution in [0.4, 0.5) is 5.95 Å². The van der Waals surface area contributed by atoms with Gasteiger partial charge in [-0.1, -0.05) is 30.7 Å². The van der Waals surface area contributed by atoms with Gasteiger partial charge in [-0.25, -0.2) is 4.98 Å². The van der Waals surface area contributed by atoms with E-state index in [2.05, 4.69) is 38.3 Å². The molecule has 2 aromatic carbocycles. The highest BCUT2D eigenvalue weighted by atomic mass is 16.2. The molecule has 196 valence electrons.